The zero-order valence-corrected chi connectivity index (χ0v) is 12.1. The summed E-state index contributed by atoms with van der Waals surface area (Å²) in [6.45, 7) is 1.36. The SMILES string of the molecule is Cn1cc(C2CCCN(c3ccc([N+](=O)[O-])cc3F)C2)nn1. The van der Waals surface area contributed by atoms with Gasteiger partial charge in [0.2, 0.25) is 0 Å². The van der Waals surface area contributed by atoms with Crippen LogP contribution in [0.3, 0.4) is 0 Å². The van der Waals surface area contributed by atoms with Crippen LogP contribution in [0.2, 0.25) is 0 Å². The molecule has 116 valence electrons. The van der Waals surface area contributed by atoms with Gasteiger partial charge in [0.1, 0.15) is 0 Å². The summed E-state index contributed by atoms with van der Waals surface area (Å²) in [5, 5.41) is 18.8. The van der Waals surface area contributed by atoms with E-state index in [9.17, 15) is 14.5 Å². The minimum Gasteiger partial charge on any atom is -0.368 e. The zero-order chi connectivity index (χ0) is 15.7. The first-order chi connectivity index (χ1) is 10.5. The van der Waals surface area contributed by atoms with Crippen LogP contribution in [0.4, 0.5) is 15.8 Å². The van der Waals surface area contributed by atoms with Crippen LogP contribution in [-0.2, 0) is 7.05 Å². The highest BCUT2D eigenvalue weighted by atomic mass is 19.1. The maximum Gasteiger partial charge on any atom is 0.272 e. The summed E-state index contributed by atoms with van der Waals surface area (Å²) in [7, 11) is 1.81. The number of aryl methyl sites for hydroxylation is 1. The van der Waals surface area contributed by atoms with E-state index in [-0.39, 0.29) is 11.6 Å². The van der Waals surface area contributed by atoms with E-state index in [1.165, 1.54) is 12.1 Å². The number of non-ortho nitro benzene ring substituents is 1. The molecule has 0 radical (unpaired) electrons. The number of piperidine rings is 1. The molecule has 2 heterocycles. The molecular formula is C14H16FN5O2. The van der Waals surface area contributed by atoms with Crippen molar-refractivity contribution in [3.8, 4) is 0 Å². The van der Waals surface area contributed by atoms with E-state index in [4.69, 9.17) is 0 Å². The zero-order valence-electron chi connectivity index (χ0n) is 12.1. The number of nitrogens with zero attached hydrogens (tertiary/aromatic N) is 5. The van der Waals surface area contributed by atoms with E-state index in [0.717, 1.165) is 31.1 Å². The molecule has 1 aliphatic rings. The third kappa shape index (κ3) is 2.76. The molecule has 3 rings (SSSR count). The number of rotatable bonds is 3. The first kappa shape index (κ1) is 14.4. The van der Waals surface area contributed by atoms with Crippen LogP contribution in [0.15, 0.2) is 24.4 Å². The molecule has 1 atom stereocenters. The highest BCUT2D eigenvalue weighted by Crippen LogP contribution is 2.31. The topological polar surface area (TPSA) is 77.1 Å². The molecular weight excluding hydrogens is 289 g/mol. The molecule has 0 aliphatic carbocycles. The summed E-state index contributed by atoms with van der Waals surface area (Å²) >= 11 is 0. The number of benzene rings is 1. The molecule has 22 heavy (non-hydrogen) atoms. The van der Waals surface area contributed by atoms with Crippen molar-refractivity contribution in [3.05, 3.63) is 46.0 Å². The van der Waals surface area contributed by atoms with Gasteiger partial charge in [-0.05, 0) is 18.9 Å². The second kappa shape index (κ2) is 5.70. The molecule has 0 amide bonds. The Kier molecular flexibility index (Phi) is 3.74. The molecule has 1 fully saturated rings. The van der Waals surface area contributed by atoms with Crippen LogP contribution in [0.5, 0.6) is 0 Å². The predicted octanol–water partition coefficient (Wildman–Crippen LogP) is 2.25. The Morgan fingerprint density at radius 2 is 2.27 bits per heavy atom. The van der Waals surface area contributed by atoms with Crippen molar-refractivity contribution in [2.45, 2.75) is 18.8 Å². The third-order valence-corrected chi connectivity index (χ3v) is 3.94. The molecule has 0 bridgehead atoms. The number of aromatic nitrogens is 3. The monoisotopic (exact) mass is 305 g/mol. The molecule has 0 spiro atoms. The van der Waals surface area contributed by atoms with Gasteiger partial charge < -0.3 is 4.90 Å². The van der Waals surface area contributed by atoms with Crippen molar-refractivity contribution in [3.63, 3.8) is 0 Å². The Labute approximate surface area is 126 Å². The normalized spacial score (nSPS) is 18.5. The van der Waals surface area contributed by atoms with Gasteiger partial charge >= 0.3 is 0 Å². The number of halogens is 1. The van der Waals surface area contributed by atoms with E-state index >= 15 is 0 Å². The minimum absolute atomic E-state index is 0.192. The molecule has 0 saturated carbocycles. The van der Waals surface area contributed by atoms with Gasteiger partial charge in [0.25, 0.3) is 5.69 Å². The van der Waals surface area contributed by atoms with Crippen molar-refractivity contribution < 1.29 is 9.31 Å². The lowest BCUT2D eigenvalue weighted by molar-refractivity contribution is -0.385. The van der Waals surface area contributed by atoms with E-state index < -0.39 is 10.7 Å². The molecule has 2 aromatic rings. The van der Waals surface area contributed by atoms with Gasteiger partial charge in [-0.1, -0.05) is 5.21 Å². The quantitative estimate of drug-likeness (QED) is 0.642. The fourth-order valence-electron chi connectivity index (χ4n) is 2.86. The first-order valence-corrected chi connectivity index (χ1v) is 7.09. The van der Waals surface area contributed by atoms with Gasteiger partial charge in [0.05, 0.1) is 22.4 Å². The molecule has 1 aromatic heterocycles. The molecule has 1 aromatic carbocycles. The van der Waals surface area contributed by atoms with Gasteiger partial charge in [0.15, 0.2) is 5.82 Å². The van der Waals surface area contributed by atoms with Crippen LogP contribution in [0, 0.1) is 15.9 Å². The second-order valence-electron chi connectivity index (χ2n) is 5.50. The summed E-state index contributed by atoms with van der Waals surface area (Å²) in [5.74, 6) is -0.369. The van der Waals surface area contributed by atoms with Crippen LogP contribution in [-0.4, -0.2) is 33.0 Å². The molecule has 0 N–H and O–H groups in total. The fraction of sp³-hybridized carbons (Fsp3) is 0.429. The van der Waals surface area contributed by atoms with Crippen molar-refractivity contribution in [1.82, 2.24) is 15.0 Å². The highest BCUT2D eigenvalue weighted by molar-refractivity contribution is 5.53. The largest absolute Gasteiger partial charge is 0.368 e. The minimum atomic E-state index is -0.592. The smallest absolute Gasteiger partial charge is 0.272 e. The lowest BCUT2D eigenvalue weighted by atomic mass is 9.95. The number of nitro benzene ring substituents is 1. The van der Waals surface area contributed by atoms with Gasteiger partial charge in [0, 0.05) is 38.3 Å². The maximum atomic E-state index is 14.2. The van der Waals surface area contributed by atoms with E-state index in [0.29, 0.717) is 12.2 Å². The van der Waals surface area contributed by atoms with Crippen molar-refractivity contribution >= 4 is 11.4 Å². The Morgan fingerprint density at radius 3 is 2.91 bits per heavy atom. The van der Waals surface area contributed by atoms with Gasteiger partial charge in [-0.2, -0.15) is 0 Å². The van der Waals surface area contributed by atoms with Crippen molar-refractivity contribution in [1.29, 1.82) is 0 Å². The molecule has 1 aliphatic heterocycles. The average Bonchev–Trinajstić information content (AvgIpc) is 2.94. The van der Waals surface area contributed by atoms with E-state index in [2.05, 4.69) is 10.3 Å². The predicted molar refractivity (Wildman–Crippen MR) is 78.2 cm³/mol. The third-order valence-electron chi connectivity index (χ3n) is 3.94. The highest BCUT2D eigenvalue weighted by Gasteiger charge is 2.25. The molecule has 8 heteroatoms. The summed E-state index contributed by atoms with van der Waals surface area (Å²) < 4.78 is 15.8. The average molecular weight is 305 g/mol. The number of hydrogen-bond acceptors (Lipinski definition) is 5. The van der Waals surface area contributed by atoms with Crippen LogP contribution in [0.1, 0.15) is 24.5 Å². The Morgan fingerprint density at radius 1 is 1.45 bits per heavy atom. The summed E-state index contributed by atoms with van der Waals surface area (Å²) in [6.07, 6.45) is 3.77. The second-order valence-corrected chi connectivity index (χ2v) is 5.50. The van der Waals surface area contributed by atoms with Gasteiger partial charge in [-0.25, -0.2) is 4.39 Å². The first-order valence-electron chi connectivity index (χ1n) is 7.09. The summed E-state index contributed by atoms with van der Waals surface area (Å²) in [4.78, 5) is 12.0. The molecule has 7 nitrogen and oxygen atoms in total. The van der Waals surface area contributed by atoms with E-state index in [1.54, 1.807) is 4.68 Å². The number of nitro groups is 1. The van der Waals surface area contributed by atoms with Gasteiger partial charge in [-0.15, -0.1) is 5.10 Å². The van der Waals surface area contributed by atoms with Crippen molar-refractivity contribution in [2.24, 2.45) is 7.05 Å². The Bertz CT molecular complexity index is 702. The summed E-state index contributed by atoms with van der Waals surface area (Å²) in [6, 6.07) is 3.79. The van der Waals surface area contributed by atoms with Crippen molar-refractivity contribution in [2.75, 3.05) is 18.0 Å². The number of anilines is 1. The Hall–Kier alpha value is -2.51. The van der Waals surface area contributed by atoms with Crippen LogP contribution in [0.25, 0.3) is 0 Å². The lowest BCUT2D eigenvalue weighted by Crippen LogP contribution is -2.35. The number of hydrogen-bond donors (Lipinski definition) is 0. The molecule has 1 saturated heterocycles. The van der Waals surface area contributed by atoms with Crippen LogP contribution < -0.4 is 4.90 Å². The van der Waals surface area contributed by atoms with E-state index in [1.807, 2.05) is 18.1 Å². The fourth-order valence-corrected chi connectivity index (χ4v) is 2.86. The summed E-state index contributed by atoms with van der Waals surface area (Å²) in [5.41, 5.74) is 1.07. The molecule has 1 unspecified atom stereocenters. The lowest BCUT2D eigenvalue weighted by Gasteiger charge is -2.33. The van der Waals surface area contributed by atoms with Crippen LogP contribution >= 0.6 is 0 Å². The standard InChI is InChI=1S/C14H16FN5O2/c1-18-9-13(16-17-18)10-3-2-6-19(8-10)14-5-4-11(20(21)22)7-12(14)15/h4-5,7,9-10H,2-3,6,8H2,1H3. The van der Waals surface area contributed by atoms with Gasteiger partial charge in [-0.3, -0.25) is 14.8 Å². The maximum absolute atomic E-state index is 14.2. The Balaban J connectivity index is 1.81.